The van der Waals surface area contributed by atoms with E-state index in [9.17, 15) is 9.59 Å². The number of aromatic nitrogens is 1. The molecule has 0 bridgehead atoms. The van der Waals surface area contributed by atoms with Gasteiger partial charge in [-0.1, -0.05) is 18.2 Å². The van der Waals surface area contributed by atoms with Crippen molar-refractivity contribution in [3.63, 3.8) is 0 Å². The smallest absolute Gasteiger partial charge is 0.356 e. The van der Waals surface area contributed by atoms with Gasteiger partial charge in [0.2, 0.25) is 0 Å². The lowest BCUT2D eigenvalue weighted by Gasteiger charge is -2.23. The van der Waals surface area contributed by atoms with Gasteiger partial charge in [-0.15, -0.1) is 0 Å². The highest BCUT2D eigenvalue weighted by Gasteiger charge is 2.23. The van der Waals surface area contributed by atoms with Crippen molar-refractivity contribution in [3.8, 4) is 0 Å². The predicted molar refractivity (Wildman–Crippen MR) is 92.3 cm³/mol. The van der Waals surface area contributed by atoms with Crippen molar-refractivity contribution < 1.29 is 18.7 Å². The number of furan rings is 1. The Hall–Kier alpha value is -3.15. The summed E-state index contributed by atoms with van der Waals surface area (Å²) in [5, 5.41) is 0.988. The van der Waals surface area contributed by atoms with Gasteiger partial charge in [0.1, 0.15) is 17.0 Å². The number of carbonyl (C=O) groups excluding carboxylic acids is 2. The van der Waals surface area contributed by atoms with Crippen LogP contribution in [-0.2, 0) is 4.74 Å². The van der Waals surface area contributed by atoms with Gasteiger partial charge in [0.25, 0.3) is 5.91 Å². The fraction of sp³-hybridized carbons (Fsp3) is 0.211. The summed E-state index contributed by atoms with van der Waals surface area (Å²) in [5.74, 6) is -0.123. The highest BCUT2D eigenvalue weighted by Crippen LogP contribution is 2.27. The molecule has 0 aliphatic rings. The Balaban J connectivity index is 1.85. The average Bonchev–Trinajstić information content (AvgIpc) is 3.09. The number of fused-ring (bicyclic) bond motifs is 1. The van der Waals surface area contributed by atoms with Crippen molar-refractivity contribution in [2.45, 2.75) is 13.0 Å². The molecule has 0 N–H and O–H groups in total. The molecule has 128 valence electrons. The maximum atomic E-state index is 12.7. The summed E-state index contributed by atoms with van der Waals surface area (Å²) in [6.45, 7) is 1.89. The van der Waals surface area contributed by atoms with E-state index in [-0.39, 0.29) is 17.6 Å². The van der Waals surface area contributed by atoms with Crippen LogP contribution < -0.4 is 0 Å². The van der Waals surface area contributed by atoms with Gasteiger partial charge in [0, 0.05) is 24.2 Å². The van der Waals surface area contributed by atoms with Gasteiger partial charge in [-0.25, -0.2) is 9.78 Å². The molecule has 3 aromatic rings. The normalized spacial score (nSPS) is 12.0. The largest absolute Gasteiger partial charge is 0.464 e. The van der Waals surface area contributed by atoms with Crippen LogP contribution in [0.2, 0.25) is 0 Å². The lowest BCUT2D eigenvalue weighted by molar-refractivity contribution is 0.0594. The molecule has 2 heterocycles. The third-order valence-electron chi connectivity index (χ3n) is 4.16. The van der Waals surface area contributed by atoms with Crippen LogP contribution in [0.15, 0.2) is 53.1 Å². The minimum absolute atomic E-state index is 0.0955. The van der Waals surface area contributed by atoms with E-state index < -0.39 is 5.97 Å². The number of para-hydroxylation sites is 1. The fourth-order valence-electron chi connectivity index (χ4n) is 2.56. The van der Waals surface area contributed by atoms with E-state index in [2.05, 4.69) is 9.72 Å². The summed E-state index contributed by atoms with van der Waals surface area (Å²) in [5.41, 5.74) is 1.24. The fourth-order valence-corrected chi connectivity index (χ4v) is 2.56. The van der Waals surface area contributed by atoms with Gasteiger partial charge >= 0.3 is 5.97 Å². The molecule has 1 aromatic carbocycles. The number of hydrogen-bond donors (Lipinski definition) is 0. The third kappa shape index (κ3) is 3.24. The van der Waals surface area contributed by atoms with Gasteiger partial charge < -0.3 is 14.1 Å². The van der Waals surface area contributed by atoms with Crippen LogP contribution in [0, 0.1) is 0 Å². The number of esters is 1. The topological polar surface area (TPSA) is 72.6 Å². The SMILES string of the molecule is COC(=O)c1cc(C(=O)N(C)[C@H](C)c2cc3ccccc3o2)ccn1. The zero-order valence-corrected chi connectivity index (χ0v) is 14.2. The molecule has 1 amide bonds. The second kappa shape index (κ2) is 6.76. The molecular formula is C19H18N2O4. The molecule has 0 unspecified atom stereocenters. The third-order valence-corrected chi connectivity index (χ3v) is 4.16. The van der Waals surface area contributed by atoms with Crippen LogP contribution in [-0.4, -0.2) is 35.9 Å². The minimum atomic E-state index is -0.581. The van der Waals surface area contributed by atoms with Crippen molar-refractivity contribution in [2.75, 3.05) is 14.2 Å². The summed E-state index contributed by atoms with van der Waals surface area (Å²) < 4.78 is 10.5. The summed E-state index contributed by atoms with van der Waals surface area (Å²) in [6, 6.07) is 12.3. The number of rotatable bonds is 4. The molecule has 6 nitrogen and oxygen atoms in total. The van der Waals surface area contributed by atoms with Crippen molar-refractivity contribution in [3.05, 3.63) is 65.7 Å². The number of nitrogens with zero attached hydrogens (tertiary/aromatic N) is 2. The number of ether oxygens (including phenoxy) is 1. The van der Waals surface area contributed by atoms with Crippen molar-refractivity contribution in [1.82, 2.24) is 9.88 Å². The molecule has 2 aromatic heterocycles. The molecule has 0 radical (unpaired) electrons. The van der Waals surface area contributed by atoms with E-state index in [1.54, 1.807) is 18.0 Å². The maximum absolute atomic E-state index is 12.7. The Morgan fingerprint density at radius 2 is 1.96 bits per heavy atom. The molecule has 0 spiro atoms. The van der Waals surface area contributed by atoms with Crippen LogP contribution in [0.4, 0.5) is 0 Å². The first-order valence-electron chi connectivity index (χ1n) is 7.81. The van der Waals surface area contributed by atoms with Gasteiger partial charge in [-0.2, -0.15) is 0 Å². The van der Waals surface area contributed by atoms with Crippen LogP contribution >= 0.6 is 0 Å². The summed E-state index contributed by atoms with van der Waals surface area (Å²) >= 11 is 0. The molecule has 3 rings (SSSR count). The first-order chi connectivity index (χ1) is 12.0. The number of hydrogen-bond acceptors (Lipinski definition) is 5. The van der Waals surface area contributed by atoms with E-state index >= 15 is 0 Å². The first kappa shape index (κ1) is 16.7. The highest BCUT2D eigenvalue weighted by atomic mass is 16.5. The van der Waals surface area contributed by atoms with E-state index in [1.807, 2.05) is 37.3 Å². The molecule has 0 aliphatic carbocycles. The minimum Gasteiger partial charge on any atom is -0.464 e. The Morgan fingerprint density at radius 3 is 2.68 bits per heavy atom. The van der Waals surface area contributed by atoms with Crippen LogP contribution in [0.1, 0.15) is 39.6 Å². The van der Waals surface area contributed by atoms with E-state index in [0.29, 0.717) is 11.3 Å². The van der Waals surface area contributed by atoms with Crippen molar-refractivity contribution >= 4 is 22.8 Å². The van der Waals surface area contributed by atoms with E-state index in [4.69, 9.17) is 4.42 Å². The molecule has 0 fully saturated rings. The number of benzene rings is 1. The predicted octanol–water partition coefficient (Wildman–Crippen LogP) is 3.45. The summed E-state index contributed by atoms with van der Waals surface area (Å²) in [4.78, 5) is 29.8. The highest BCUT2D eigenvalue weighted by molar-refractivity contribution is 5.97. The van der Waals surface area contributed by atoms with E-state index in [0.717, 1.165) is 11.0 Å². The molecule has 0 aliphatic heterocycles. The van der Waals surface area contributed by atoms with Crippen LogP contribution in [0.5, 0.6) is 0 Å². The van der Waals surface area contributed by atoms with Crippen LogP contribution in [0.3, 0.4) is 0 Å². The number of pyridine rings is 1. The molecule has 6 heteroatoms. The van der Waals surface area contributed by atoms with Gasteiger partial charge in [0.15, 0.2) is 0 Å². The summed E-state index contributed by atoms with van der Waals surface area (Å²) in [7, 11) is 2.96. The lowest BCUT2D eigenvalue weighted by Crippen LogP contribution is -2.29. The second-order valence-electron chi connectivity index (χ2n) is 5.70. The van der Waals surface area contributed by atoms with Gasteiger partial charge in [-0.3, -0.25) is 4.79 Å². The number of methoxy groups -OCH3 is 1. The quantitative estimate of drug-likeness (QED) is 0.681. The Bertz CT molecular complexity index is 899. The maximum Gasteiger partial charge on any atom is 0.356 e. The summed E-state index contributed by atoms with van der Waals surface area (Å²) in [6.07, 6.45) is 1.42. The molecule has 0 saturated heterocycles. The molecule has 1 atom stereocenters. The monoisotopic (exact) mass is 338 g/mol. The van der Waals surface area contributed by atoms with Crippen molar-refractivity contribution in [1.29, 1.82) is 0 Å². The van der Waals surface area contributed by atoms with E-state index in [1.165, 1.54) is 19.4 Å². The standard InChI is InChI=1S/C19H18N2O4/c1-12(17-11-13-6-4-5-7-16(13)25-17)21(2)18(22)14-8-9-20-15(10-14)19(23)24-3/h4-12H,1-3H3/t12-/m1/s1. The van der Waals surface area contributed by atoms with Crippen molar-refractivity contribution in [2.24, 2.45) is 0 Å². The number of carbonyl (C=O) groups is 2. The van der Waals surface area contributed by atoms with Gasteiger partial charge in [0.05, 0.1) is 13.2 Å². The zero-order chi connectivity index (χ0) is 18.0. The second-order valence-corrected chi connectivity index (χ2v) is 5.70. The molecule has 25 heavy (non-hydrogen) atoms. The first-order valence-corrected chi connectivity index (χ1v) is 7.81. The number of amides is 1. The Morgan fingerprint density at radius 1 is 1.20 bits per heavy atom. The lowest BCUT2D eigenvalue weighted by atomic mass is 10.1. The van der Waals surface area contributed by atoms with Crippen LogP contribution in [0.25, 0.3) is 11.0 Å². The molecule has 0 saturated carbocycles. The average molecular weight is 338 g/mol. The zero-order valence-electron chi connectivity index (χ0n) is 14.2. The van der Waals surface area contributed by atoms with Gasteiger partial charge in [-0.05, 0) is 31.2 Å². The molecular weight excluding hydrogens is 320 g/mol. The Kier molecular flexibility index (Phi) is 4.52. The Labute approximate surface area is 145 Å².